The standard InChI is InChI=1S/C20H25N5O/c1-23(2)16-9-13-25(14-10-16)20-21-11-7-18(22-20)26-17-6-4-5-15-8-12-24(3)19(15)17/h4-8,11-12,16H,9-10,13-14H2,1-3H3. The molecule has 0 radical (unpaired) electrons. The molecule has 4 rings (SSSR count). The maximum absolute atomic E-state index is 6.11. The van der Waals surface area contributed by atoms with Crippen molar-refractivity contribution >= 4 is 16.9 Å². The average molecular weight is 351 g/mol. The second-order valence-electron chi connectivity index (χ2n) is 7.10. The second kappa shape index (κ2) is 6.96. The van der Waals surface area contributed by atoms with Gasteiger partial charge in [-0.1, -0.05) is 12.1 Å². The van der Waals surface area contributed by atoms with Gasteiger partial charge in [-0.2, -0.15) is 4.98 Å². The molecule has 0 unspecified atom stereocenters. The molecule has 1 saturated heterocycles. The van der Waals surface area contributed by atoms with Gasteiger partial charge in [0.2, 0.25) is 11.8 Å². The van der Waals surface area contributed by atoms with Crippen LogP contribution in [0.2, 0.25) is 0 Å². The largest absolute Gasteiger partial charge is 0.437 e. The molecule has 1 aliphatic rings. The van der Waals surface area contributed by atoms with E-state index in [9.17, 15) is 0 Å². The van der Waals surface area contributed by atoms with Gasteiger partial charge >= 0.3 is 0 Å². The fraction of sp³-hybridized carbons (Fsp3) is 0.400. The molecular formula is C20H25N5O. The number of anilines is 1. The van der Waals surface area contributed by atoms with Crippen LogP contribution in [0.5, 0.6) is 11.6 Å². The van der Waals surface area contributed by atoms with Crippen molar-refractivity contribution in [2.45, 2.75) is 18.9 Å². The number of rotatable bonds is 4. The summed E-state index contributed by atoms with van der Waals surface area (Å²) in [6, 6.07) is 10.6. The summed E-state index contributed by atoms with van der Waals surface area (Å²) < 4.78 is 8.18. The van der Waals surface area contributed by atoms with Crippen molar-refractivity contribution in [1.29, 1.82) is 0 Å². The molecule has 1 fully saturated rings. The van der Waals surface area contributed by atoms with E-state index >= 15 is 0 Å². The Bertz CT molecular complexity index is 896. The number of benzene rings is 1. The lowest BCUT2D eigenvalue weighted by atomic mass is 10.0. The molecule has 3 heterocycles. The van der Waals surface area contributed by atoms with Crippen LogP contribution < -0.4 is 9.64 Å². The third kappa shape index (κ3) is 3.24. The van der Waals surface area contributed by atoms with Crippen LogP contribution in [0.1, 0.15) is 12.8 Å². The van der Waals surface area contributed by atoms with Gasteiger partial charge in [0, 0.05) is 50.0 Å². The normalized spacial score (nSPS) is 15.8. The SMILES string of the molecule is CN(C)C1CCN(c2nccc(Oc3cccc4ccn(C)c34)n2)CC1. The summed E-state index contributed by atoms with van der Waals surface area (Å²) in [5.41, 5.74) is 1.07. The van der Waals surface area contributed by atoms with Crippen LogP contribution >= 0.6 is 0 Å². The van der Waals surface area contributed by atoms with Crippen molar-refractivity contribution in [2.24, 2.45) is 7.05 Å². The molecule has 26 heavy (non-hydrogen) atoms. The van der Waals surface area contributed by atoms with Crippen LogP contribution in [-0.2, 0) is 7.05 Å². The molecule has 0 N–H and O–H groups in total. The fourth-order valence-corrected chi connectivity index (χ4v) is 3.64. The van der Waals surface area contributed by atoms with Crippen molar-refractivity contribution < 1.29 is 4.74 Å². The topological polar surface area (TPSA) is 46.4 Å². The molecular weight excluding hydrogens is 326 g/mol. The second-order valence-corrected chi connectivity index (χ2v) is 7.10. The minimum Gasteiger partial charge on any atom is -0.437 e. The van der Waals surface area contributed by atoms with Gasteiger partial charge in [0.05, 0.1) is 5.52 Å². The summed E-state index contributed by atoms with van der Waals surface area (Å²) in [5.74, 6) is 2.14. The number of nitrogens with zero attached hydrogens (tertiary/aromatic N) is 5. The zero-order valence-corrected chi connectivity index (χ0v) is 15.6. The van der Waals surface area contributed by atoms with Crippen molar-refractivity contribution in [3.05, 3.63) is 42.7 Å². The number of aryl methyl sites for hydroxylation is 1. The monoisotopic (exact) mass is 351 g/mol. The first-order valence-electron chi connectivity index (χ1n) is 9.08. The van der Waals surface area contributed by atoms with Crippen molar-refractivity contribution in [1.82, 2.24) is 19.4 Å². The quantitative estimate of drug-likeness (QED) is 0.722. The predicted molar refractivity (Wildman–Crippen MR) is 104 cm³/mol. The van der Waals surface area contributed by atoms with E-state index in [0.717, 1.165) is 48.5 Å². The number of para-hydroxylation sites is 1. The summed E-state index contributed by atoms with van der Waals surface area (Å²) in [5, 5.41) is 1.16. The minimum absolute atomic E-state index is 0.582. The average Bonchev–Trinajstić information content (AvgIpc) is 3.04. The lowest BCUT2D eigenvalue weighted by Gasteiger charge is -2.35. The first-order chi connectivity index (χ1) is 12.6. The molecule has 1 aromatic carbocycles. The highest BCUT2D eigenvalue weighted by Gasteiger charge is 2.22. The molecule has 136 valence electrons. The van der Waals surface area contributed by atoms with Crippen LogP contribution in [0.15, 0.2) is 42.7 Å². The number of piperidine rings is 1. The van der Waals surface area contributed by atoms with Crippen LogP contribution in [0.25, 0.3) is 10.9 Å². The summed E-state index contributed by atoms with van der Waals surface area (Å²) >= 11 is 0. The predicted octanol–water partition coefficient (Wildman–Crippen LogP) is 3.29. The lowest BCUT2D eigenvalue weighted by molar-refractivity contribution is 0.249. The Labute approximate surface area is 154 Å². The number of hydrogen-bond donors (Lipinski definition) is 0. The van der Waals surface area contributed by atoms with Crippen LogP contribution in [-0.4, -0.2) is 52.7 Å². The Hall–Kier alpha value is -2.60. The molecule has 0 saturated carbocycles. The van der Waals surface area contributed by atoms with E-state index in [2.05, 4.69) is 50.6 Å². The molecule has 0 atom stereocenters. The molecule has 1 aliphatic heterocycles. The zero-order chi connectivity index (χ0) is 18.1. The van der Waals surface area contributed by atoms with Crippen LogP contribution in [0, 0.1) is 0 Å². The number of fused-ring (bicyclic) bond motifs is 1. The van der Waals surface area contributed by atoms with E-state index < -0.39 is 0 Å². The molecule has 0 amide bonds. The molecule has 2 aromatic heterocycles. The van der Waals surface area contributed by atoms with Gasteiger partial charge in [0.25, 0.3) is 0 Å². The Balaban J connectivity index is 1.54. The number of hydrogen-bond acceptors (Lipinski definition) is 5. The van der Waals surface area contributed by atoms with Gasteiger partial charge in [0.1, 0.15) is 0 Å². The fourth-order valence-electron chi connectivity index (χ4n) is 3.64. The maximum atomic E-state index is 6.11. The lowest BCUT2D eigenvalue weighted by Crippen LogP contribution is -2.42. The van der Waals surface area contributed by atoms with E-state index in [4.69, 9.17) is 4.74 Å². The van der Waals surface area contributed by atoms with Crippen LogP contribution in [0.3, 0.4) is 0 Å². The van der Waals surface area contributed by atoms with Crippen LogP contribution in [0.4, 0.5) is 5.95 Å². The molecule has 0 bridgehead atoms. The first-order valence-corrected chi connectivity index (χ1v) is 9.08. The highest BCUT2D eigenvalue weighted by Crippen LogP contribution is 2.30. The van der Waals surface area contributed by atoms with Gasteiger partial charge in [-0.3, -0.25) is 0 Å². The van der Waals surface area contributed by atoms with Gasteiger partial charge in [-0.25, -0.2) is 4.98 Å². The molecule has 0 spiro atoms. The van der Waals surface area contributed by atoms with Gasteiger partial charge in [-0.15, -0.1) is 0 Å². The highest BCUT2D eigenvalue weighted by atomic mass is 16.5. The molecule has 0 aliphatic carbocycles. The van der Waals surface area contributed by atoms with Gasteiger partial charge in [0.15, 0.2) is 5.75 Å². The minimum atomic E-state index is 0.582. The number of ether oxygens (including phenoxy) is 1. The Kier molecular flexibility index (Phi) is 4.51. The summed E-state index contributed by atoms with van der Waals surface area (Å²) in [7, 11) is 6.32. The van der Waals surface area contributed by atoms with E-state index in [1.165, 1.54) is 0 Å². The molecule has 3 aromatic rings. The summed E-state index contributed by atoms with van der Waals surface area (Å²) in [6.07, 6.45) is 6.08. The maximum Gasteiger partial charge on any atom is 0.228 e. The first kappa shape index (κ1) is 16.8. The van der Waals surface area contributed by atoms with Gasteiger partial charge < -0.3 is 19.1 Å². The van der Waals surface area contributed by atoms with Gasteiger partial charge in [-0.05, 0) is 39.1 Å². The summed E-state index contributed by atoms with van der Waals surface area (Å²) in [6.45, 7) is 1.94. The molecule has 6 heteroatoms. The van der Waals surface area contributed by atoms with Crippen molar-refractivity contribution in [2.75, 3.05) is 32.1 Å². The van der Waals surface area contributed by atoms with E-state index in [0.29, 0.717) is 11.9 Å². The number of aromatic nitrogens is 3. The molecule has 6 nitrogen and oxygen atoms in total. The van der Waals surface area contributed by atoms with E-state index in [-0.39, 0.29) is 0 Å². The van der Waals surface area contributed by atoms with E-state index in [1.807, 2.05) is 31.4 Å². The smallest absolute Gasteiger partial charge is 0.228 e. The van der Waals surface area contributed by atoms with Crippen molar-refractivity contribution in [3.63, 3.8) is 0 Å². The summed E-state index contributed by atoms with van der Waals surface area (Å²) in [4.78, 5) is 13.7. The van der Waals surface area contributed by atoms with Crippen molar-refractivity contribution in [3.8, 4) is 11.6 Å². The highest BCUT2D eigenvalue weighted by molar-refractivity contribution is 5.86. The zero-order valence-electron chi connectivity index (χ0n) is 15.6. The Morgan fingerprint density at radius 1 is 1.12 bits per heavy atom. The third-order valence-corrected chi connectivity index (χ3v) is 5.17. The third-order valence-electron chi connectivity index (χ3n) is 5.17. The van der Waals surface area contributed by atoms with E-state index in [1.54, 1.807) is 6.20 Å². The Morgan fingerprint density at radius 2 is 1.92 bits per heavy atom. The Morgan fingerprint density at radius 3 is 2.69 bits per heavy atom.